The molecule has 0 saturated carbocycles. The van der Waals surface area contributed by atoms with Crippen LogP contribution >= 0.6 is 11.8 Å². The third-order valence-electron chi connectivity index (χ3n) is 3.80. The fraction of sp³-hybridized carbons (Fsp3) is 0.368. The summed E-state index contributed by atoms with van der Waals surface area (Å²) in [4.78, 5) is 12.6. The minimum Gasteiger partial charge on any atom is -0.618 e. The maximum Gasteiger partial charge on any atom is 0.251 e. The minimum atomic E-state index is 0.0675. The van der Waals surface area contributed by atoms with Gasteiger partial charge in [-0.15, -0.1) is 0 Å². The molecule has 0 aliphatic carbocycles. The summed E-state index contributed by atoms with van der Waals surface area (Å²) in [7, 11) is 0. The van der Waals surface area contributed by atoms with Gasteiger partial charge in [-0.05, 0) is 40.8 Å². The number of ketones is 1. The zero-order valence-corrected chi connectivity index (χ0v) is 14.9. The molecule has 0 bridgehead atoms. The molecular weight excluding hydrogens is 306 g/mol. The molecule has 0 aliphatic rings. The van der Waals surface area contributed by atoms with Crippen molar-refractivity contribution in [2.75, 3.05) is 5.75 Å². The lowest BCUT2D eigenvalue weighted by molar-refractivity contribution is -0.645. The van der Waals surface area contributed by atoms with Gasteiger partial charge in [0.25, 0.3) is 5.03 Å². The highest BCUT2D eigenvalue weighted by atomic mass is 32.2. The molecule has 0 fully saturated rings. The number of benzene rings is 1. The second-order valence-corrected chi connectivity index (χ2v) is 7.23. The number of rotatable bonds is 6. The number of pyridine rings is 1. The number of thioether (sulfide) groups is 1. The van der Waals surface area contributed by atoms with Gasteiger partial charge < -0.3 is 5.21 Å². The van der Waals surface area contributed by atoms with Crippen LogP contribution < -0.4 is 4.73 Å². The van der Waals surface area contributed by atoms with Crippen molar-refractivity contribution in [2.24, 2.45) is 0 Å². The van der Waals surface area contributed by atoms with Crippen LogP contribution in [-0.4, -0.2) is 11.5 Å². The molecule has 0 radical (unpaired) electrons. The highest BCUT2D eigenvalue weighted by Crippen LogP contribution is 2.26. The molecule has 0 atom stereocenters. The van der Waals surface area contributed by atoms with Crippen molar-refractivity contribution in [3.8, 4) is 0 Å². The molecule has 0 aliphatic heterocycles. The van der Waals surface area contributed by atoms with Gasteiger partial charge in [0.15, 0.2) is 12.0 Å². The van der Waals surface area contributed by atoms with Crippen LogP contribution in [0.4, 0.5) is 0 Å². The first kappa shape index (κ1) is 17.5. The van der Waals surface area contributed by atoms with Crippen LogP contribution in [0.1, 0.15) is 61.0 Å². The smallest absolute Gasteiger partial charge is 0.251 e. The average Bonchev–Trinajstić information content (AvgIpc) is 2.53. The number of aromatic nitrogens is 1. The van der Waals surface area contributed by atoms with Crippen LogP contribution in [0, 0.1) is 5.21 Å². The summed E-state index contributed by atoms with van der Waals surface area (Å²) in [6, 6.07) is 11.3. The molecule has 0 spiro atoms. The van der Waals surface area contributed by atoms with E-state index in [9.17, 15) is 10.0 Å². The number of Topliss-reactive ketones (excluding diaryl/α,β-unsaturated/α-hetero) is 1. The van der Waals surface area contributed by atoms with E-state index in [1.54, 1.807) is 18.2 Å². The van der Waals surface area contributed by atoms with E-state index in [4.69, 9.17) is 0 Å². The highest BCUT2D eigenvalue weighted by Gasteiger charge is 2.17. The van der Waals surface area contributed by atoms with E-state index in [1.165, 1.54) is 23.5 Å². The zero-order valence-electron chi connectivity index (χ0n) is 14.1. The first-order valence-corrected chi connectivity index (χ1v) is 8.86. The molecule has 3 nitrogen and oxygen atoms in total. The van der Waals surface area contributed by atoms with Crippen molar-refractivity contribution in [3.63, 3.8) is 0 Å². The van der Waals surface area contributed by atoms with Gasteiger partial charge in [-0.1, -0.05) is 45.9 Å². The molecule has 23 heavy (non-hydrogen) atoms. The van der Waals surface area contributed by atoms with E-state index in [0.717, 1.165) is 15.9 Å². The Morgan fingerprint density at radius 2 is 1.87 bits per heavy atom. The standard InChI is InChI=1S/C19H23NO2S/c1-13(2)15-8-9-16(17(11-15)14(3)4)18(21)12-23-19-7-5-6-10-20(19)22/h5-11,13-14H,12H2,1-4H3. The predicted molar refractivity (Wildman–Crippen MR) is 95.1 cm³/mol. The summed E-state index contributed by atoms with van der Waals surface area (Å²) in [5.74, 6) is 1.07. The largest absolute Gasteiger partial charge is 0.618 e. The van der Waals surface area contributed by atoms with Crippen LogP contribution in [0.3, 0.4) is 0 Å². The normalized spacial score (nSPS) is 11.2. The summed E-state index contributed by atoms with van der Waals surface area (Å²) in [6.07, 6.45) is 1.45. The Balaban J connectivity index is 2.20. The van der Waals surface area contributed by atoms with Gasteiger partial charge in [0, 0.05) is 17.7 Å². The third-order valence-corrected chi connectivity index (χ3v) is 4.82. The van der Waals surface area contributed by atoms with Gasteiger partial charge in [0.2, 0.25) is 0 Å². The van der Waals surface area contributed by atoms with Crippen LogP contribution in [0.15, 0.2) is 47.6 Å². The predicted octanol–water partition coefficient (Wildman–Crippen LogP) is 4.54. The van der Waals surface area contributed by atoms with E-state index in [1.807, 2.05) is 12.1 Å². The Kier molecular flexibility index (Phi) is 5.83. The Morgan fingerprint density at radius 1 is 1.13 bits per heavy atom. The van der Waals surface area contributed by atoms with E-state index in [-0.39, 0.29) is 11.5 Å². The van der Waals surface area contributed by atoms with Crippen molar-refractivity contribution in [2.45, 2.75) is 44.6 Å². The first-order valence-electron chi connectivity index (χ1n) is 7.88. The Hall–Kier alpha value is -1.81. The fourth-order valence-electron chi connectivity index (χ4n) is 2.41. The summed E-state index contributed by atoms with van der Waals surface area (Å²) >= 11 is 1.28. The Bertz CT molecular complexity index is 696. The molecule has 122 valence electrons. The lowest BCUT2D eigenvalue weighted by Gasteiger charge is -2.15. The van der Waals surface area contributed by atoms with E-state index < -0.39 is 0 Å². The van der Waals surface area contributed by atoms with Crippen LogP contribution in [0.5, 0.6) is 0 Å². The maximum absolute atomic E-state index is 12.6. The molecule has 1 aromatic carbocycles. The molecule has 2 rings (SSSR count). The molecule has 2 aromatic rings. The van der Waals surface area contributed by atoms with E-state index in [2.05, 4.69) is 33.8 Å². The van der Waals surface area contributed by atoms with Crippen molar-refractivity contribution in [1.82, 2.24) is 0 Å². The zero-order chi connectivity index (χ0) is 17.0. The van der Waals surface area contributed by atoms with Crippen molar-refractivity contribution < 1.29 is 9.52 Å². The van der Waals surface area contributed by atoms with Crippen molar-refractivity contribution in [1.29, 1.82) is 0 Å². The third kappa shape index (κ3) is 4.35. The first-order chi connectivity index (χ1) is 10.9. The number of nitrogens with zero attached hydrogens (tertiary/aromatic N) is 1. The molecule has 0 amide bonds. The SMILES string of the molecule is CC(C)c1ccc(C(=O)CSc2cccc[n+]2[O-])c(C(C)C)c1. The molecule has 0 saturated heterocycles. The lowest BCUT2D eigenvalue weighted by Crippen LogP contribution is -2.28. The second kappa shape index (κ2) is 7.64. The van der Waals surface area contributed by atoms with Crippen LogP contribution in [0.25, 0.3) is 0 Å². The maximum atomic E-state index is 12.6. The molecule has 0 unspecified atom stereocenters. The summed E-state index contributed by atoms with van der Waals surface area (Å²) < 4.78 is 0.795. The molecule has 1 heterocycles. The average molecular weight is 329 g/mol. The van der Waals surface area contributed by atoms with Crippen LogP contribution in [-0.2, 0) is 0 Å². The summed E-state index contributed by atoms with van der Waals surface area (Å²) in [5.41, 5.74) is 3.11. The Labute approximate surface area is 142 Å². The monoisotopic (exact) mass is 329 g/mol. The summed E-state index contributed by atoms with van der Waals surface area (Å²) in [5, 5.41) is 12.2. The molecule has 1 aromatic heterocycles. The number of hydrogen-bond donors (Lipinski definition) is 0. The fourth-order valence-corrected chi connectivity index (χ4v) is 3.21. The highest BCUT2D eigenvalue weighted by molar-refractivity contribution is 7.99. The molecular formula is C19H23NO2S. The van der Waals surface area contributed by atoms with Gasteiger partial charge in [-0.25, -0.2) is 0 Å². The minimum absolute atomic E-state index is 0.0675. The van der Waals surface area contributed by atoms with Crippen molar-refractivity contribution in [3.05, 3.63) is 64.5 Å². The van der Waals surface area contributed by atoms with E-state index >= 15 is 0 Å². The molecule has 0 N–H and O–H groups in total. The van der Waals surface area contributed by atoms with Crippen molar-refractivity contribution >= 4 is 17.5 Å². The van der Waals surface area contributed by atoms with Gasteiger partial charge in [0.1, 0.15) is 0 Å². The van der Waals surface area contributed by atoms with Gasteiger partial charge in [-0.2, -0.15) is 4.73 Å². The topological polar surface area (TPSA) is 44.0 Å². The second-order valence-electron chi connectivity index (χ2n) is 6.23. The number of carbonyl (C=O) groups is 1. The number of hydrogen-bond acceptors (Lipinski definition) is 3. The number of carbonyl (C=O) groups excluding carboxylic acids is 1. The van der Waals surface area contributed by atoms with Gasteiger partial charge >= 0.3 is 0 Å². The van der Waals surface area contributed by atoms with Gasteiger partial charge in [-0.3, -0.25) is 4.79 Å². The summed E-state index contributed by atoms with van der Waals surface area (Å²) in [6.45, 7) is 8.51. The Morgan fingerprint density at radius 3 is 2.48 bits per heavy atom. The van der Waals surface area contributed by atoms with Crippen LogP contribution in [0.2, 0.25) is 0 Å². The quantitative estimate of drug-likeness (QED) is 0.338. The van der Waals surface area contributed by atoms with E-state index in [0.29, 0.717) is 16.9 Å². The van der Waals surface area contributed by atoms with Gasteiger partial charge in [0.05, 0.1) is 5.75 Å². The molecule has 4 heteroatoms. The lowest BCUT2D eigenvalue weighted by atomic mass is 9.90.